The summed E-state index contributed by atoms with van der Waals surface area (Å²) in [6.45, 7) is 1.30. The van der Waals surface area contributed by atoms with Gasteiger partial charge in [0.25, 0.3) is 5.91 Å². The molecule has 8 heteroatoms. The zero-order valence-electron chi connectivity index (χ0n) is 13.2. The van der Waals surface area contributed by atoms with Gasteiger partial charge in [0.2, 0.25) is 10.0 Å². The van der Waals surface area contributed by atoms with Crippen molar-refractivity contribution in [1.82, 2.24) is 9.21 Å². The van der Waals surface area contributed by atoms with Crippen molar-refractivity contribution in [3.8, 4) is 0 Å². The maximum absolute atomic E-state index is 12.7. The largest absolute Gasteiger partial charge is 0.336 e. The lowest BCUT2D eigenvalue weighted by Crippen LogP contribution is -2.50. The highest BCUT2D eigenvalue weighted by atomic mass is 127. The van der Waals surface area contributed by atoms with E-state index in [1.165, 1.54) is 16.4 Å². The Morgan fingerprint density at radius 3 is 2.16 bits per heavy atom. The summed E-state index contributed by atoms with van der Waals surface area (Å²) in [5.41, 5.74) is 0.650. The van der Waals surface area contributed by atoms with Crippen LogP contribution in [0.3, 0.4) is 0 Å². The molecule has 2 aromatic carbocycles. The first-order valence-corrected chi connectivity index (χ1v) is 10.6. The molecule has 0 aromatic heterocycles. The van der Waals surface area contributed by atoms with Crippen LogP contribution in [0.15, 0.2) is 53.4 Å². The van der Waals surface area contributed by atoms with E-state index in [4.69, 9.17) is 11.6 Å². The van der Waals surface area contributed by atoms with Crippen molar-refractivity contribution in [1.29, 1.82) is 0 Å². The zero-order valence-corrected chi connectivity index (χ0v) is 17.0. The van der Waals surface area contributed by atoms with Crippen LogP contribution in [0.5, 0.6) is 0 Å². The molecule has 1 saturated heterocycles. The van der Waals surface area contributed by atoms with Crippen LogP contribution in [0.25, 0.3) is 0 Å². The number of sulfonamides is 1. The van der Waals surface area contributed by atoms with Crippen LogP contribution < -0.4 is 0 Å². The fraction of sp³-hybridized carbons (Fsp3) is 0.235. The van der Waals surface area contributed by atoms with Crippen LogP contribution in [0.2, 0.25) is 5.02 Å². The predicted molar refractivity (Wildman–Crippen MR) is 105 cm³/mol. The molecule has 0 bridgehead atoms. The van der Waals surface area contributed by atoms with Gasteiger partial charge >= 0.3 is 0 Å². The quantitative estimate of drug-likeness (QED) is 0.622. The van der Waals surface area contributed by atoms with Crippen molar-refractivity contribution in [2.75, 3.05) is 26.2 Å². The SMILES string of the molecule is O=C(c1ccccc1I)N1CCN(S(=O)(=O)c2ccc(Cl)cc2)CC1. The monoisotopic (exact) mass is 490 g/mol. The third kappa shape index (κ3) is 3.99. The van der Waals surface area contributed by atoms with E-state index in [0.29, 0.717) is 23.7 Å². The van der Waals surface area contributed by atoms with Crippen molar-refractivity contribution >= 4 is 50.1 Å². The van der Waals surface area contributed by atoms with E-state index in [2.05, 4.69) is 22.6 Å². The van der Waals surface area contributed by atoms with Gasteiger partial charge < -0.3 is 4.90 Å². The van der Waals surface area contributed by atoms with Crippen LogP contribution in [0, 0.1) is 3.57 Å². The van der Waals surface area contributed by atoms with E-state index < -0.39 is 10.0 Å². The molecule has 1 heterocycles. The molecule has 1 aliphatic heterocycles. The minimum atomic E-state index is -3.57. The summed E-state index contributed by atoms with van der Waals surface area (Å²) in [6.07, 6.45) is 0. The van der Waals surface area contributed by atoms with Gasteiger partial charge in [-0.25, -0.2) is 8.42 Å². The highest BCUT2D eigenvalue weighted by Crippen LogP contribution is 2.21. The lowest BCUT2D eigenvalue weighted by Gasteiger charge is -2.34. The highest BCUT2D eigenvalue weighted by Gasteiger charge is 2.30. The van der Waals surface area contributed by atoms with E-state index in [9.17, 15) is 13.2 Å². The lowest BCUT2D eigenvalue weighted by atomic mass is 10.2. The number of carbonyl (C=O) groups excluding carboxylic acids is 1. The first-order valence-electron chi connectivity index (χ1n) is 7.69. The van der Waals surface area contributed by atoms with Crippen molar-refractivity contribution in [2.24, 2.45) is 0 Å². The Hall–Kier alpha value is -1.16. The zero-order chi connectivity index (χ0) is 18.0. The number of halogens is 2. The maximum Gasteiger partial charge on any atom is 0.255 e. The summed E-state index contributed by atoms with van der Waals surface area (Å²) in [4.78, 5) is 14.5. The van der Waals surface area contributed by atoms with Crippen LogP contribution in [0.1, 0.15) is 10.4 Å². The van der Waals surface area contributed by atoms with Gasteiger partial charge in [0.1, 0.15) is 0 Å². The number of benzene rings is 2. The molecule has 1 amide bonds. The molecule has 0 radical (unpaired) electrons. The van der Waals surface area contributed by atoms with Crippen LogP contribution in [-0.4, -0.2) is 49.7 Å². The predicted octanol–water partition coefficient (Wildman–Crippen LogP) is 3.09. The van der Waals surface area contributed by atoms with Crippen molar-refractivity contribution in [3.63, 3.8) is 0 Å². The van der Waals surface area contributed by atoms with E-state index >= 15 is 0 Å². The van der Waals surface area contributed by atoms with E-state index in [1.54, 1.807) is 23.1 Å². The van der Waals surface area contributed by atoms with Gasteiger partial charge in [0.15, 0.2) is 0 Å². The first-order chi connectivity index (χ1) is 11.9. The van der Waals surface area contributed by atoms with Gasteiger partial charge in [0, 0.05) is 34.8 Å². The van der Waals surface area contributed by atoms with Gasteiger partial charge in [-0.1, -0.05) is 23.7 Å². The molecule has 25 heavy (non-hydrogen) atoms. The van der Waals surface area contributed by atoms with Crippen LogP contribution in [0.4, 0.5) is 0 Å². The maximum atomic E-state index is 12.7. The Balaban J connectivity index is 1.70. The Morgan fingerprint density at radius 1 is 0.960 bits per heavy atom. The fourth-order valence-electron chi connectivity index (χ4n) is 2.69. The number of hydrogen-bond donors (Lipinski definition) is 0. The van der Waals surface area contributed by atoms with Gasteiger partial charge in [-0.05, 0) is 59.0 Å². The molecule has 2 aromatic rings. The molecule has 0 unspecified atom stereocenters. The standard InChI is InChI=1S/C17H16ClIN2O3S/c18-13-5-7-14(8-6-13)25(23,24)21-11-9-20(10-12-21)17(22)15-3-1-2-4-16(15)19/h1-8H,9-12H2. The smallest absolute Gasteiger partial charge is 0.255 e. The molecule has 0 spiro atoms. The normalized spacial score (nSPS) is 16.0. The van der Waals surface area contributed by atoms with Crippen LogP contribution >= 0.6 is 34.2 Å². The number of rotatable bonds is 3. The van der Waals surface area contributed by atoms with E-state index in [-0.39, 0.29) is 23.9 Å². The molecule has 1 fully saturated rings. The first kappa shape index (κ1) is 18.6. The van der Waals surface area contributed by atoms with E-state index in [1.807, 2.05) is 18.2 Å². The van der Waals surface area contributed by atoms with Gasteiger partial charge in [-0.15, -0.1) is 0 Å². The Bertz CT molecular complexity index is 879. The molecular formula is C17H16ClIN2O3S. The van der Waals surface area contributed by atoms with Crippen molar-refractivity contribution < 1.29 is 13.2 Å². The Labute approximate surface area is 165 Å². The summed E-state index contributed by atoms with van der Waals surface area (Å²) in [7, 11) is -3.57. The number of amides is 1. The summed E-state index contributed by atoms with van der Waals surface area (Å²) >= 11 is 7.95. The molecule has 132 valence electrons. The number of hydrogen-bond acceptors (Lipinski definition) is 3. The highest BCUT2D eigenvalue weighted by molar-refractivity contribution is 14.1. The van der Waals surface area contributed by atoms with Crippen LogP contribution in [-0.2, 0) is 10.0 Å². The molecule has 3 rings (SSSR count). The topological polar surface area (TPSA) is 57.7 Å². The number of carbonyl (C=O) groups is 1. The third-order valence-corrected chi connectivity index (χ3v) is 7.19. The number of piperazine rings is 1. The second-order valence-corrected chi connectivity index (χ2v) is 9.17. The molecular weight excluding hydrogens is 475 g/mol. The molecule has 5 nitrogen and oxygen atoms in total. The lowest BCUT2D eigenvalue weighted by molar-refractivity contribution is 0.0697. The minimum absolute atomic E-state index is 0.0615. The summed E-state index contributed by atoms with van der Waals surface area (Å²) in [5.74, 6) is -0.0615. The molecule has 1 aliphatic rings. The average molecular weight is 491 g/mol. The third-order valence-electron chi connectivity index (χ3n) is 4.08. The van der Waals surface area contributed by atoms with Gasteiger partial charge in [-0.3, -0.25) is 4.79 Å². The van der Waals surface area contributed by atoms with Gasteiger partial charge in [-0.2, -0.15) is 4.31 Å². The van der Waals surface area contributed by atoms with Gasteiger partial charge in [0.05, 0.1) is 10.5 Å². The Morgan fingerprint density at radius 2 is 1.56 bits per heavy atom. The molecule has 0 N–H and O–H groups in total. The molecule has 0 atom stereocenters. The Kier molecular flexibility index (Phi) is 5.67. The second kappa shape index (κ2) is 7.61. The summed E-state index contributed by atoms with van der Waals surface area (Å²) < 4.78 is 27.7. The average Bonchev–Trinajstić information content (AvgIpc) is 2.62. The molecule has 0 saturated carbocycles. The minimum Gasteiger partial charge on any atom is -0.336 e. The summed E-state index contributed by atoms with van der Waals surface area (Å²) in [5, 5.41) is 0.492. The van der Waals surface area contributed by atoms with Crippen molar-refractivity contribution in [3.05, 3.63) is 62.7 Å². The molecule has 0 aliphatic carbocycles. The van der Waals surface area contributed by atoms with Crippen molar-refractivity contribution in [2.45, 2.75) is 4.90 Å². The second-order valence-electron chi connectivity index (χ2n) is 5.63. The number of nitrogens with zero attached hydrogens (tertiary/aromatic N) is 2. The van der Waals surface area contributed by atoms with E-state index in [0.717, 1.165) is 3.57 Å². The summed E-state index contributed by atoms with van der Waals surface area (Å²) in [6, 6.07) is 13.5. The fourth-order valence-corrected chi connectivity index (χ4v) is 4.86.